The number of amides is 2. The lowest BCUT2D eigenvalue weighted by Crippen LogP contribution is -2.36. The van der Waals surface area contributed by atoms with Crippen molar-refractivity contribution in [2.75, 3.05) is 31.6 Å². The van der Waals surface area contributed by atoms with Crippen LogP contribution in [0, 0.1) is 5.82 Å². The molecule has 2 amide bonds. The van der Waals surface area contributed by atoms with Gasteiger partial charge in [-0.2, -0.15) is 5.10 Å². The van der Waals surface area contributed by atoms with E-state index in [4.69, 9.17) is 15.6 Å². The highest BCUT2D eigenvalue weighted by molar-refractivity contribution is 5.91. The van der Waals surface area contributed by atoms with Gasteiger partial charge in [0.2, 0.25) is 0 Å². The Morgan fingerprint density at radius 1 is 1.22 bits per heavy atom. The number of aromatic amines is 1. The minimum absolute atomic E-state index is 0.00359. The Morgan fingerprint density at radius 3 is 2.81 bits per heavy atom. The summed E-state index contributed by atoms with van der Waals surface area (Å²) in [5.74, 6) is 0.131. The molecule has 32 heavy (non-hydrogen) atoms. The topological polar surface area (TPSA) is 116 Å². The van der Waals surface area contributed by atoms with Gasteiger partial charge in [0.05, 0.1) is 18.5 Å². The summed E-state index contributed by atoms with van der Waals surface area (Å²) in [4.78, 5) is 14.7. The first-order valence-corrected chi connectivity index (χ1v) is 10.5. The molecule has 0 spiro atoms. The largest absolute Gasteiger partial charge is 0.491 e. The van der Waals surface area contributed by atoms with Crippen LogP contribution >= 0.6 is 0 Å². The average molecular weight is 442 g/mol. The minimum atomic E-state index is -0.351. The second-order valence-electron chi connectivity index (χ2n) is 7.25. The third kappa shape index (κ3) is 6.53. The molecule has 0 bridgehead atoms. The molecule has 2 aromatic carbocycles. The van der Waals surface area contributed by atoms with Crippen LogP contribution in [0.1, 0.15) is 18.4 Å². The lowest BCUT2D eigenvalue weighted by atomic mass is 10.1. The van der Waals surface area contributed by atoms with Gasteiger partial charge in [-0.05, 0) is 48.4 Å². The number of hydrogen-bond donors (Lipinski definition) is 4. The van der Waals surface area contributed by atoms with Gasteiger partial charge in [0, 0.05) is 37.9 Å². The smallest absolute Gasteiger partial charge is 0.322 e. The summed E-state index contributed by atoms with van der Waals surface area (Å²) < 4.78 is 19.4. The molecular formula is C23H28FN5O3. The summed E-state index contributed by atoms with van der Waals surface area (Å²) >= 11 is 0. The zero-order valence-electron chi connectivity index (χ0n) is 17.8. The number of nitrogens with one attached hydrogen (secondary N) is 2. The van der Waals surface area contributed by atoms with Crippen LogP contribution in [0.15, 0.2) is 54.9 Å². The number of urea groups is 1. The fourth-order valence-electron chi connectivity index (χ4n) is 3.16. The highest BCUT2D eigenvalue weighted by Crippen LogP contribution is 2.31. The molecule has 0 aliphatic rings. The third-order valence-corrected chi connectivity index (χ3v) is 4.80. The van der Waals surface area contributed by atoms with Crippen LogP contribution in [-0.2, 0) is 6.54 Å². The Hall–Kier alpha value is -3.43. The molecule has 0 unspecified atom stereocenters. The van der Waals surface area contributed by atoms with Gasteiger partial charge >= 0.3 is 6.03 Å². The van der Waals surface area contributed by atoms with Crippen LogP contribution in [0.25, 0.3) is 11.1 Å². The van der Waals surface area contributed by atoms with Crippen LogP contribution in [0.3, 0.4) is 0 Å². The number of halogens is 1. The van der Waals surface area contributed by atoms with Crippen molar-refractivity contribution < 1.29 is 19.0 Å². The molecule has 8 nitrogen and oxygen atoms in total. The quantitative estimate of drug-likeness (QED) is 0.341. The van der Waals surface area contributed by atoms with Crippen molar-refractivity contribution in [3.8, 4) is 16.9 Å². The number of carbonyl (C=O) groups is 1. The van der Waals surface area contributed by atoms with Crippen molar-refractivity contribution in [3.05, 3.63) is 66.2 Å². The highest BCUT2D eigenvalue weighted by atomic mass is 19.1. The summed E-state index contributed by atoms with van der Waals surface area (Å²) in [6, 6.07) is 11.3. The second kappa shape index (κ2) is 11.8. The minimum Gasteiger partial charge on any atom is -0.491 e. The monoisotopic (exact) mass is 441 g/mol. The zero-order chi connectivity index (χ0) is 22.8. The van der Waals surface area contributed by atoms with E-state index in [0.29, 0.717) is 49.5 Å². The number of aliphatic hydroxyl groups is 1. The van der Waals surface area contributed by atoms with Gasteiger partial charge in [-0.15, -0.1) is 0 Å². The van der Waals surface area contributed by atoms with Crippen molar-refractivity contribution in [2.45, 2.75) is 19.4 Å². The van der Waals surface area contributed by atoms with Gasteiger partial charge in [0.1, 0.15) is 11.6 Å². The number of anilines is 1. The maximum absolute atomic E-state index is 13.6. The Bertz CT molecular complexity index is 997. The maximum Gasteiger partial charge on any atom is 0.322 e. The van der Waals surface area contributed by atoms with E-state index < -0.39 is 0 Å². The predicted molar refractivity (Wildman–Crippen MR) is 121 cm³/mol. The number of nitrogens with zero attached hydrogens (tertiary/aromatic N) is 2. The number of benzene rings is 2. The van der Waals surface area contributed by atoms with Crippen LogP contribution in [0.4, 0.5) is 14.9 Å². The van der Waals surface area contributed by atoms with E-state index in [9.17, 15) is 9.18 Å². The summed E-state index contributed by atoms with van der Waals surface area (Å²) in [6.45, 7) is 1.41. The number of carbonyl (C=O) groups excluding carboxylic acids is 1. The van der Waals surface area contributed by atoms with Crippen LogP contribution < -0.4 is 15.8 Å². The summed E-state index contributed by atoms with van der Waals surface area (Å²) in [7, 11) is 0. The number of rotatable bonds is 11. The van der Waals surface area contributed by atoms with E-state index in [1.165, 1.54) is 12.1 Å². The Morgan fingerprint density at radius 2 is 2.09 bits per heavy atom. The summed E-state index contributed by atoms with van der Waals surface area (Å²) in [6.07, 6.45) is 4.53. The predicted octanol–water partition coefficient (Wildman–Crippen LogP) is 3.36. The molecule has 9 heteroatoms. The van der Waals surface area contributed by atoms with E-state index in [1.807, 2.05) is 12.1 Å². The molecule has 0 saturated heterocycles. The van der Waals surface area contributed by atoms with Gasteiger partial charge in [-0.25, -0.2) is 9.18 Å². The lowest BCUT2D eigenvalue weighted by molar-refractivity contribution is 0.208. The number of nitrogens with two attached hydrogens (primary N) is 1. The molecule has 0 aliphatic heterocycles. The highest BCUT2D eigenvalue weighted by Gasteiger charge is 2.17. The number of hydrogen-bond acceptors (Lipinski definition) is 5. The normalized spacial score (nSPS) is 10.7. The third-order valence-electron chi connectivity index (χ3n) is 4.80. The van der Waals surface area contributed by atoms with E-state index in [2.05, 4.69) is 15.5 Å². The van der Waals surface area contributed by atoms with Crippen molar-refractivity contribution >= 4 is 11.7 Å². The van der Waals surface area contributed by atoms with Crippen LogP contribution in [0.5, 0.6) is 5.75 Å². The van der Waals surface area contributed by atoms with E-state index >= 15 is 0 Å². The zero-order valence-corrected chi connectivity index (χ0v) is 17.8. The average Bonchev–Trinajstić information content (AvgIpc) is 3.33. The van der Waals surface area contributed by atoms with E-state index in [0.717, 1.165) is 11.1 Å². The number of aromatic nitrogens is 2. The van der Waals surface area contributed by atoms with Gasteiger partial charge in [-0.3, -0.25) is 5.10 Å². The molecule has 1 aromatic heterocycles. The fraction of sp³-hybridized carbons (Fsp3) is 0.304. The molecule has 5 N–H and O–H groups in total. The van der Waals surface area contributed by atoms with Crippen LogP contribution in [-0.4, -0.2) is 52.5 Å². The first-order valence-electron chi connectivity index (χ1n) is 10.5. The first-order chi connectivity index (χ1) is 15.6. The summed E-state index contributed by atoms with van der Waals surface area (Å²) in [5, 5.41) is 18.7. The molecule has 170 valence electrons. The molecule has 0 radical (unpaired) electrons. The number of H-pyrrole nitrogens is 1. The molecule has 0 aliphatic carbocycles. The molecule has 0 saturated carbocycles. The Kier molecular flexibility index (Phi) is 8.59. The maximum atomic E-state index is 13.6. The molecule has 0 atom stereocenters. The molecule has 3 rings (SSSR count). The fourth-order valence-corrected chi connectivity index (χ4v) is 3.16. The first kappa shape index (κ1) is 23.2. The second-order valence-corrected chi connectivity index (χ2v) is 7.25. The van der Waals surface area contributed by atoms with Crippen molar-refractivity contribution in [2.24, 2.45) is 5.73 Å². The van der Waals surface area contributed by atoms with Gasteiger partial charge in [0.25, 0.3) is 0 Å². The van der Waals surface area contributed by atoms with Gasteiger partial charge < -0.3 is 25.8 Å². The Labute approximate surface area is 186 Å². The molecule has 3 aromatic rings. The van der Waals surface area contributed by atoms with Gasteiger partial charge in [0.15, 0.2) is 0 Å². The van der Waals surface area contributed by atoms with E-state index in [-0.39, 0.29) is 25.0 Å². The number of ether oxygens (including phenoxy) is 1. The van der Waals surface area contributed by atoms with E-state index in [1.54, 1.807) is 35.5 Å². The Balaban J connectivity index is 1.80. The molecular weight excluding hydrogens is 413 g/mol. The summed E-state index contributed by atoms with van der Waals surface area (Å²) in [5.41, 5.74) is 8.57. The number of aliphatic hydroxyl groups excluding tert-OH is 1. The van der Waals surface area contributed by atoms with Crippen molar-refractivity contribution in [3.63, 3.8) is 0 Å². The molecule has 0 fully saturated rings. The van der Waals surface area contributed by atoms with Gasteiger partial charge in [-0.1, -0.05) is 18.2 Å². The SMILES string of the molecule is NCCCN(Cc1cccc(F)c1)C(=O)Nc1ccc(-c2cn[nH]c2)cc1OCCCO. The lowest BCUT2D eigenvalue weighted by Gasteiger charge is -2.24. The standard InChI is InChI=1S/C23H28FN5O3/c24-20-5-1-4-17(12-20)16-29(9-2-8-25)23(31)28-21-7-6-18(19-14-26-27-15-19)13-22(21)32-11-3-10-30/h1,4-7,12-15,30H,2-3,8-11,16,25H2,(H,26,27)(H,28,31). The van der Waals surface area contributed by atoms with Crippen molar-refractivity contribution in [1.82, 2.24) is 15.1 Å². The van der Waals surface area contributed by atoms with Crippen LogP contribution in [0.2, 0.25) is 0 Å². The molecule has 1 heterocycles. The van der Waals surface area contributed by atoms with Crippen molar-refractivity contribution in [1.29, 1.82) is 0 Å².